The molecule has 0 fully saturated rings. The highest BCUT2D eigenvalue weighted by atomic mass is 32.2. The molecule has 0 amide bonds. The van der Waals surface area contributed by atoms with Crippen molar-refractivity contribution in [1.82, 2.24) is 4.98 Å². The van der Waals surface area contributed by atoms with Crippen molar-refractivity contribution in [3.05, 3.63) is 28.1 Å². The Morgan fingerprint density at radius 3 is 2.52 bits per heavy atom. The summed E-state index contributed by atoms with van der Waals surface area (Å²) in [5.74, 6) is -0.398. The van der Waals surface area contributed by atoms with Crippen molar-refractivity contribution < 1.29 is 26.5 Å². The maximum atomic E-state index is 12.5. The number of primary sulfonamides is 1. The summed E-state index contributed by atoms with van der Waals surface area (Å²) in [6, 6.07) is 0.495. The smallest absolute Gasteiger partial charge is 0.379 e. The molecule has 1 aromatic rings. The molecule has 1 rings (SSSR count). The van der Waals surface area contributed by atoms with Gasteiger partial charge in [0.25, 0.3) is 0 Å². The second kappa shape index (κ2) is 6.22. The Morgan fingerprint density at radius 1 is 1.43 bits per heavy atom. The number of anilines is 1. The first kappa shape index (κ1) is 17.1. The van der Waals surface area contributed by atoms with E-state index in [9.17, 15) is 31.7 Å². The van der Waals surface area contributed by atoms with Gasteiger partial charge in [-0.2, -0.15) is 13.2 Å². The maximum Gasteiger partial charge on any atom is 0.433 e. The van der Waals surface area contributed by atoms with Crippen LogP contribution in [0, 0.1) is 10.1 Å². The minimum atomic E-state index is -4.74. The maximum absolute atomic E-state index is 12.5. The summed E-state index contributed by atoms with van der Waals surface area (Å²) in [5.41, 5.74) is -2.32. The van der Waals surface area contributed by atoms with Crippen molar-refractivity contribution in [2.45, 2.75) is 12.6 Å². The predicted octanol–water partition coefficient (Wildman–Crippen LogP) is 1.10. The van der Waals surface area contributed by atoms with Crippen LogP contribution in [0.1, 0.15) is 12.1 Å². The van der Waals surface area contributed by atoms with Gasteiger partial charge in [-0.3, -0.25) is 10.1 Å². The molecule has 0 aliphatic carbocycles. The molecule has 0 atom stereocenters. The molecule has 0 unspecified atom stereocenters. The lowest BCUT2D eigenvalue weighted by molar-refractivity contribution is -0.384. The summed E-state index contributed by atoms with van der Waals surface area (Å²) in [6.45, 7) is -0.0986. The van der Waals surface area contributed by atoms with Gasteiger partial charge in [-0.25, -0.2) is 18.5 Å². The van der Waals surface area contributed by atoms with Crippen molar-refractivity contribution in [2.24, 2.45) is 5.14 Å². The number of nitrogens with two attached hydrogens (primary N) is 1. The number of alkyl halides is 3. The molecule has 21 heavy (non-hydrogen) atoms. The highest BCUT2D eigenvalue weighted by Gasteiger charge is 2.34. The standard InChI is InChI=1S/C9H11F3N4O4S/c10-9(11,12)8-4-6(7(5-15-8)16(17)18)14-2-1-3-21(13,19)20/h4-5H,1-3H2,(H,14,15)(H2,13,19,20). The summed E-state index contributed by atoms with van der Waals surface area (Å²) in [6.07, 6.45) is -4.27. The summed E-state index contributed by atoms with van der Waals surface area (Å²) in [4.78, 5) is 12.8. The van der Waals surface area contributed by atoms with Gasteiger partial charge in [0.15, 0.2) is 0 Å². The molecular formula is C9H11F3N4O4S. The first-order valence-electron chi connectivity index (χ1n) is 5.46. The number of nitrogens with zero attached hydrogens (tertiary/aromatic N) is 2. The van der Waals surface area contributed by atoms with Crippen LogP contribution in [0.25, 0.3) is 0 Å². The fourth-order valence-electron chi connectivity index (χ4n) is 1.39. The Labute approximate surface area is 117 Å². The Balaban J connectivity index is 2.89. The van der Waals surface area contributed by atoms with E-state index in [0.717, 1.165) is 0 Å². The third kappa shape index (κ3) is 5.51. The average Bonchev–Trinajstić information content (AvgIpc) is 2.32. The lowest BCUT2D eigenvalue weighted by Gasteiger charge is -2.10. The summed E-state index contributed by atoms with van der Waals surface area (Å²) in [5, 5.41) is 17.8. The van der Waals surface area contributed by atoms with Crippen LogP contribution < -0.4 is 10.5 Å². The average molecular weight is 328 g/mol. The molecule has 0 radical (unpaired) electrons. The number of aromatic nitrogens is 1. The number of nitrogens with one attached hydrogen (secondary N) is 1. The molecule has 0 aliphatic heterocycles. The molecule has 1 heterocycles. The summed E-state index contributed by atoms with van der Waals surface area (Å²) < 4.78 is 58.8. The Morgan fingerprint density at radius 2 is 2.05 bits per heavy atom. The van der Waals surface area contributed by atoms with E-state index in [1.807, 2.05) is 0 Å². The SMILES string of the molecule is NS(=O)(=O)CCCNc1cc(C(F)(F)F)ncc1[N+](=O)[O-]. The molecule has 1 aromatic heterocycles. The first-order valence-corrected chi connectivity index (χ1v) is 7.18. The Bertz CT molecular complexity index is 632. The molecular weight excluding hydrogens is 317 g/mol. The van der Waals surface area contributed by atoms with E-state index >= 15 is 0 Å². The van der Waals surface area contributed by atoms with Crippen LogP contribution in [0.4, 0.5) is 24.5 Å². The lowest BCUT2D eigenvalue weighted by Crippen LogP contribution is -2.19. The molecule has 118 valence electrons. The zero-order valence-corrected chi connectivity index (χ0v) is 11.2. The predicted molar refractivity (Wildman–Crippen MR) is 67.0 cm³/mol. The molecule has 0 bridgehead atoms. The third-order valence-corrected chi connectivity index (χ3v) is 3.15. The number of hydrogen-bond acceptors (Lipinski definition) is 6. The Hall–Kier alpha value is -1.95. The largest absolute Gasteiger partial charge is 0.433 e. The number of halogens is 3. The van der Waals surface area contributed by atoms with E-state index < -0.39 is 43.9 Å². The van der Waals surface area contributed by atoms with E-state index in [1.165, 1.54) is 0 Å². The highest BCUT2D eigenvalue weighted by Crippen LogP contribution is 2.32. The number of nitro groups is 1. The molecule has 0 aromatic carbocycles. The number of sulfonamides is 1. The molecule has 0 spiro atoms. The molecule has 12 heteroatoms. The number of rotatable bonds is 6. The van der Waals surface area contributed by atoms with E-state index in [-0.39, 0.29) is 13.0 Å². The zero-order chi connectivity index (χ0) is 16.3. The van der Waals surface area contributed by atoms with Gasteiger partial charge in [-0.1, -0.05) is 0 Å². The van der Waals surface area contributed by atoms with Gasteiger partial charge in [0, 0.05) is 6.54 Å². The van der Waals surface area contributed by atoms with Crippen molar-refractivity contribution in [2.75, 3.05) is 17.6 Å². The van der Waals surface area contributed by atoms with Gasteiger partial charge in [0.1, 0.15) is 17.6 Å². The van der Waals surface area contributed by atoms with Crippen LogP contribution in [0.15, 0.2) is 12.3 Å². The number of pyridine rings is 1. The van der Waals surface area contributed by atoms with E-state index in [1.54, 1.807) is 0 Å². The third-order valence-electron chi connectivity index (χ3n) is 2.29. The van der Waals surface area contributed by atoms with Gasteiger partial charge in [-0.15, -0.1) is 0 Å². The summed E-state index contributed by atoms with van der Waals surface area (Å²) >= 11 is 0. The zero-order valence-electron chi connectivity index (χ0n) is 10.4. The lowest BCUT2D eigenvalue weighted by atomic mass is 10.2. The molecule has 0 saturated carbocycles. The highest BCUT2D eigenvalue weighted by molar-refractivity contribution is 7.89. The van der Waals surface area contributed by atoms with Gasteiger partial charge in [0.2, 0.25) is 10.0 Å². The second-order valence-electron chi connectivity index (χ2n) is 3.99. The Kier molecular flexibility index (Phi) is 5.06. The summed E-state index contributed by atoms with van der Waals surface area (Å²) in [7, 11) is -3.70. The minimum absolute atomic E-state index is 0.0142. The van der Waals surface area contributed by atoms with Crippen LogP contribution in [-0.4, -0.2) is 30.6 Å². The molecule has 8 nitrogen and oxygen atoms in total. The fourth-order valence-corrected chi connectivity index (χ4v) is 1.93. The monoisotopic (exact) mass is 328 g/mol. The van der Waals surface area contributed by atoms with Gasteiger partial charge in [0.05, 0.1) is 10.7 Å². The van der Waals surface area contributed by atoms with Crippen molar-refractivity contribution in [3.63, 3.8) is 0 Å². The quantitative estimate of drug-likeness (QED) is 0.457. The number of hydrogen-bond donors (Lipinski definition) is 2. The van der Waals surface area contributed by atoms with Crippen LogP contribution in [-0.2, 0) is 16.2 Å². The van der Waals surface area contributed by atoms with Gasteiger partial charge in [-0.05, 0) is 12.5 Å². The normalized spacial score (nSPS) is 12.2. The molecule has 3 N–H and O–H groups in total. The topological polar surface area (TPSA) is 128 Å². The second-order valence-corrected chi connectivity index (χ2v) is 5.72. The van der Waals surface area contributed by atoms with Crippen molar-refractivity contribution in [1.29, 1.82) is 0 Å². The van der Waals surface area contributed by atoms with Gasteiger partial charge < -0.3 is 5.32 Å². The van der Waals surface area contributed by atoms with Gasteiger partial charge >= 0.3 is 11.9 Å². The van der Waals surface area contributed by atoms with Crippen LogP contribution >= 0.6 is 0 Å². The van der Waals surface area contributed by atoms with E-state index in [4.69, 9.17) is 5.14 Å². The fraction of sp³-hybridized carbons (Fsp3) is 0.444. The van der Waals surface area contributed by atoms with Crippen LogP contribution in [0.5, 0.6) is 0 Å². The molecule has 0 saturated heterocycles. The van der Waals surface area contributed by atoms with Crippen LogP contribution in [0.2, 0.25) is 0 Å². The van der Waals surface area contributed by atoms with Crippen molar-refractivity contribution in [3.8, 4) is 0 Å². The van der Waals surface area contributed by atoms with Crippen molar-refractivity contribution >= 4 is 21.4 Å². The van der Waals surface area contributed by atoms with E-state index in [2.05, 4.69) is 10.3 Å². The van der Waals surface area contributed by atoms with E-state index in [0.29, 0.717) is 12.3 Å². The first-order chi connectivity index (χ1) is 9.50. The van der Waals surface area contributed by atoms with Crippen LogP contribution in [0.3, 0.4) is 0 Å². The minimum Gasteiger partial charge on any atom is -0.379 e. The molecule has 0 aliphatic rings.